The van der Waals surface area contributed by atoms with E-state index < -0.39 is 17.5 Å². The summed E-state index contributed by atoms with van der Waals surface area (Å²) < 4.78 is 16.9. The number of amides is 1. The molecule has 0 N–H and O–H groups in total. The number of carbonyl (C=O) groups excluding carboxylic acids is 3. The zero-order valence-corrected chi connectivity index (χ0v) is 18.6. The van der Waals surface area contributed by atoms with Crippen LogP contribution < -0.4 is 0 Å². The molecule has 0 saturated carbocycles. The first-order valence-corrected chi connectivity index (χ1v) is 10.8. The molecular formula is C23H35NO6. The van der Waals surface area contributed by atoms with Gasteiger partial charge < -0.3 is 19.1 Å². The maximum atomic E-state index is 13.1. The molecule has 0 aromatic rings. The van der Waals surface area contributed by atoms with Gasteiger partial charge in [0.25, 0.3) is 0 Å². The number of nitrogens with zero attached hydrogens (tertiary/aromatic N) is 1. The number of esters is 1. The Kier molecular flexibility index (Phi) is 9.24. The van der Waals surface area contributed by atoms with Crippen LogP contribution in [0.3, 0.4) is 0 Å². The van der Waals surface area contributed by atoms with Gasteiger partial charge in [-0.25, -0.2) is 0 Å². The Morgan fingerprint density at radius 2 is 2.07 bits per heavy atom. The van der Waals surface area contributed by atoms with Crippen LogP contribution >= 0.6 is 0 Å². The van der Waals surface area contributed by atoms with Gasteiger partial charge in [0.15, 0.2) is 12.1 Å². The monoisotopic (exact) mass is 421 g/mol. The number of carbonyl (C=O) groups is 3. The molecule has 0 aromatic carbocycles. The van der Waals surface area contributed by atoms with Gasteiger partial charge in [-0.15, -0.1) is 0 Å². The van der Waals surface area contributed by atoms with Crippen molar-refractivity contribution in [3.05, 3.63) is 23.4 Å². The van der Waals surface area contributed by atoms with Crippen LogP contribution in [0.15, 0.2) is 23.4 Å². The molecular weight excluding hydrogens is 386 g/mol. The van der Waals surface area contributed by atoms with Gasteiger partial charge in [0.2, 0.25) is 6.41 Å². The second-order valence-corrected chi connectivity index (χ2v) is 8.93. The molecule has 2 aliphatic rings. The highest BCUT2D eigenvalue weighted by molar-refractivity contribution is 6.01. The lowest BCUT2D eigenvalue weighted by Crippen LogP contribution is -2.30. The van der Waals surface area contributed by atoms with E-state index in [1.54, 1.807) is 33.9 Å². The molecule has 2 atom stereocenters. The van der Waals surface area contributed by atoms with Crippen LogP contribution in [0.2, 0.25) is 0 Å². The fourth-order valence-electron chi connectivity index (χ4n) is 3.34. The Labute approximate surface area is 179 Å². The highest BCUT2D eigenvalue weighted by atomic mass is 16.7. The molecule has 7 nitrogen and oxygen atoms in total. The average molecular weight is 422 g/mol. The van der Waals surface area contributed by atoms with E-state index in [-0.39, 0.29) is 25.1 Å². The van der Waals surface area contributed by atoms with E-state index in [0.717, 1.165) is 44.1 Å². The van der Waals surface area contributed by atoms with Crippen LogP contribution in [0, 0.1) is 5.92 Å². The van der Waals surface area contributed by atoms with Crippen molar-refractivity contribution >= 4 is 18.2 Å². The van der Waals surface area contributed by atoms with E-state index in [1.807, 2.05) is 6.08 Å². The van der Waals surface area contributed by atoms with E-state index in [1.165, 1.54) is 4.90 Å². The standard InChI is InChI=1S/C23H35NO6/c1-17(22(27)30-23(2,3)4)13-20(26)19-14-24(16-25)11-7-5-9-18(19)15-29-21-10-6-8-12-28-21/h9,14,16-17,21H,5-8,10-13,15H2,1-4H3/b18-9-,19-14+. The molecule has 0 aliphatic carbocycles. The van der Waals surface area contributed by atoms with Gasteiger partial charge in [-0.05, 0) is 58.4 Å². The molecule has 1 saturated heterocycles. The summed E-state index contributed by atoms with van der Waals surface area (Å²) in [7, 11) is 0. The van der Waals surface area contributed by atoms with Crippen LogP contribution in [0.4, 0.5) is 0 Å². The Hall–Kier alpha value is -1.99. The Balaban J connectivity index is 2.12. The topological polar surface area (TPSA) is 82.1 Å². The number of hydrogen-bond donors (Lipinski definition) is 0. The molecule has 2 aliphatic heterocycles. The van der Waals surface area contributed by atoms with E-state index in [9.17, 15) is 14.4 Å². The van der Waals surface area contributed by atoms with Gasteiger partial charge in [-0.3, -0.25) is 14.4 Å². The fourth-order valence-corrected chi connectivity index (χ4v) is 3.34. The highest BCUT2D eigenvalue weighted by Crippen LogP contribution is 2.24. The van der Waals surface area contributed by atoms with E-state index in [0.29, 0.717) is 18.7 Å². The molecule has 2 unspecified atom stereocenters. The van der Waals surface area contributed by atoms with Crippen LogP contribution in [0.25, 0.3) is 0 Å². The molecule has 30 heavy (non-hydrogen) atoms. The second-order valence-electron chi connectivity index (χ2n) is 8.93. The highest BCUT2D eigenvalue weighted by Gasteiger charge is 2.27. The van der Waals surface area contributed by atoms with Gasteiger partial charge in [0, 0.05) is 31.3 Å². The minimum Gasteiger partial charge on any atom is -0.460 e. The zero-order valence-electron chi connectivity index (χ0n) is 18.6. The molecule has 7 heteroatoms. The van der Waals surface area contributed by atoms with Crippen molar-refractivity contribution in [2.24, 2.45) is 5.92 Å². The maximum absolute atomic E-state index is 13.1. The van der Waals surface area contributed by atoms with Crippen molar-refractivity contribution in [2.75, 3.05) is 19.8 Å². The summed E-state index contributed by atoms with van der Waals surface area (Å²) in [6.45, 7) is 8.52. The van der Waals surface area contributed by atoms with Gasteiger partial charge in [0.1, 0.15) is 5.60 Å². The molecule has 1 amide bonds. The number of Topliss-reactive ketones (excluding diaryl/α,β-unsaturated/α-hetero) is 1. The quantitative estimate of drug-likeness (QED) is 0.440. The first-order valence-electron chi connectivity index (χ1n) is 10.8. The number of ether oxygens (including phenoxy) is 3. The predicted molar refractivity (Wildman–Crippen MR) is 112 cm³/mol. The molecule has 2 heterocycles. The molecule has 1 fully saturated rings. The number of hydrogen-bond acceptors (Lipinski definition) is 6. The van der Waals surface area contributed by atoms with Gasteiger partial charge in [0.05, 0.1) is 12.5 Å². The first-order chi connectivity index (χ1) is 14.2. The van der Waals surface area contributed by atoms with E-state index in [4.69, 9.17) is 14.2 Å². The predicted octanol–water partition coefficient (Wildman–Crippen LogP) is 3.53. The van der Waals surface area contributed by atoms with Crippen LogP contribution in [-0.2, 0) is 28.6 Å². The minimum absolute atomic E-state index is 0.00467. The summed E-state index contributed by atoms with van der Waals surface area (Å²) >= 11 is 0. The van der Waals surface area contributed by atoms with Gasteiger partial charge in [-0.1, -0.05) is 13.0 Å². The third-order valence-electron chi connectivity index (χ3n) is 4.95. The third-order valence-corrected chi connectivity index (χ3v) is 4.95. The van der Waals surface area contributed by atoms with Crippen molar-refractivity contribution in [2.45, 2.75) is 78.1 Å². The first kappa shape index (κ1) is 24.3. The van der Waals surface area contributed by atoms with Crippen LogP contribution in [-0.4, -0.2) is 54.7 Å². The molecule has 0 radical (unpaired) electrons. The Bertz CT molecular complexity index is 670. The Morgan fingerprint density at radius 3 is 2.70 bits per heavy atom. The molecule has 168 valence electrons. The number of ketones is 1. The molecule has 0 aromatic heterocycles. The lowest BCUT2D eigenvalue weighted by atomic mass is 9.93. The largest absolute Gasteiger partial charge is 0.460 e. The van der Waals surface area contributed by atoms with Crippen molar-refractivity contribution < 1.29 is 28.6 Å². The lowest BCUT2D eigenvalue weighted by molar-refractivity contribution is -0.160. The van der Waals surface area contributed by atoms with Crippen molar-refractivity contribution in [3.63, 3.8) is 0 Å². The SMILES string of the molecule is CC(CC(=O)C1=C/N(C=O)CCC/C=C\1COC1CCCCO1)C(=O)OC(C)(C)C. The van der Waals surface area contributed by atoms with Gasteiger partial charge in [-0.2, -0.15) is 0 Å². The van der Waals surface area contributed by atoms with Crippen LogP contribution in [0.5, 0.6) is 0 Å². The van der Waals surface area contributed by atoms with Gasteiger partial charge >= 0.3 is 5.97 Å². The molecule has 2 rings (SSSR count). The van der Waals surface area contributed by atoms with E-state index in [2.05, 4.69) is 0 Å². The fraction of sp³-hybridized carbons (Fsp3) is 0.696. The normalized spacial score (nSPS) is 25.1. The van der Waals surface area contributed by atoms with E-state index >= 15 is 0 Å². The third kappa shape index (κ3) is 8.03. The van der Waals surface area contributed by atoms with Crippen LogP contribution in [0.1, 0.15) is 66.2 Å². The average Bonchev–Trinajstić information content (AvgIpc) is 2.67. The lowest BCUT2D eigenvalue weighted by Gasteiger charge is -2.25. The summed E-state index contributed by atoms with van der Waals surface area (Å²) in [6.07, 6.45) is 8.47. The number of allylic oxidation sites excluding steroid dienone is 1. The van der Waals surface area contributed by atoms with Crippen molar-refractivity contribution in [1.82, 2.24) is 4.90 Å². The minimum atomic E-state index is -0.610. The smallest absolute Gasteiger partial charge is 0.309 e. The Morgan fingerprint density at radius 1 is 1.30 bits per heavy atom. The molecule has 0 bridgehead atoms. The summed E-state index contributed by atoms with van der Waals surface area (Å²) in [5.41, 5.74) is 0.534. The second kappa shape index (κ2) is 11.4. The summed E-state index contributed by atoms with van der Waals surface area (Å²) in [5, 5.41) is 0. The summed E-state index contributed by atoms with van der Waals surface area (Å²) in [6, 6.07) is 0. The number of rotatable bonds is 8. The maximum Gasteiger partial charge on any atom is 0.309 e. The summed E-state index contributed by atoms with van der Waals surface area (Å²) in [4.78, 5) is 38.3. The van der Waals surface area contributed by atoms with Crippen molar-refractivity contribution in [1.29, 1.82) is 0 Å². The zero-order chi connectivity index (χ0) is 22.1. The molecule has 0 spiro atoms. The van der Waals surface area contributed by atoms with Crippen molar-refractivity contribution in [3.8, 4) is 0 Å². The summed E-state index contributed by atoms with van der Waals surface area (Å²) in [5.74, 6) is -1.20.